The fourth-order valence-corrected chi connectivity index (χ4v) is 7.78. The molecule has 0 rings (SSSR count). The lowest BCUT2D eigenvalue weighted by molar-refractivity contribution is -0.870. The van der Waals surface area contributed by atoms with Crippen molar-refractivity contribution in [3.8, 4) is 0 Å². The van der Waals surface area contributed by atoms with Gasteiger partial charge >= 0.3 is 11.9 Å². The van der Waals surface area contributed by atoms with Gasteiger partial charge < -0.3 is 33.3 Å². The van der Waals surface area contributed by atoms with E-state index in [0.717, 1.165) is 122 Å². The summed E-state index contributed by atoms with van der Waals surface area (Å²) in [6, 6.07) is 0. The molecule has 9 heteroatoms. The van der Waals surface area contributed by atoms with Crippen LogP contribution >= 0.6 is 0 Å². The zero-order chi connectivity index (χ0) is 56.2. The second-order valence-corrected chi connectivity index (χ2v) is 20.9. The number of hydrogen-bond donors (Lipinski definition) is 0. The van der Waals surface area contributed by atoms with Crippen molar-refractivity contribution in [3.63, 3.8) is 0 Å². The van der Waals surface area contributed by atoms with Gasteiger partial charge in [0.2, 0.25) is 0 Å². The first-order valence-corrected chi connectivity index (χ1v) is 30.3. The molecule has 0 N–H and O–H groups in total. The summed E-state index contributed by atoms with van der Waals surface area (Å²) in [5.74, 6) is -2.32. The lowest BCUT2D eigenvalue weighted by atomic mass is 10.0. The molecule has 436 valence electrons. The third kappa shape index (κ3) is 58.9. The monoisotopic (exact) mass is 1070 g/mol. The Morgan fingerprint density at radius 2 is 0.740 bits per heavy atom. The Morgan fingerprint density at radius 1 is 0.403 bits per heavy atom. The molecule has 0 heterocycles. The molecule has 2 atom stereocenters. The van der Waals surface area contributed by atoms with E-state index in [-0.39, 0.29) is 38.6 Å². The third-order valence-electron chi connectivity index (χ3n) is 12.4. The summed E-state index contributed by atoms with van der Waals surface area (Å²) in [4.78, 5) is 37.2. The minimum atomic E-state index is -1.63. The highest BCUT2D eigenvalue weighted by molar-refractivity contribution is 5.70. The maximum Gasteiger partial charge on any atom is 0.306 e. The van der Waals surface area contributed by atoms with Crippen LogP contribution in [0, 0.1) is 0 Å². The molecule has 0 saturated heterocycles. The third-order valence-corrected chi connectivity index (χ3v) is 12.4. The van der Waals surface area contributed by atoms with Crippen LogP contribution in [0.4, 0.5) is 0 Å². The molecule has 0 radical (unpaired) electrons. The van der Waals surface area contributed by atoms with Gasteiger partial charge in [-0.15, -0.1) is 0 Å². The SMILES string of the molecule is CC/C=C\C/C=C\C/C=C\C/C=C\C/C=C\C/C=C\C/C=C\C/C=C\C/C=C\C/C=C\C/C=C\CCCCCCCC(=O)OC(COC(=O)CCCCCCCCCCCCCCC)COC(OCC[N+](C)(C)C)C(=O)[O-]. The lowest BCUT2D eigenvalue weighted by Crippen LogP contribution is -2.44. The molecular formula is C68H111NO8. The summed E-state index contributed by atoms with van der Waals surface area (Å²) in [7, 11) is 5.90. The number of carbonyl (C=O) groups excluding carboxylic acids is 3. The minimum absolute atomic E-state index is 0.138. The van der Waals surface area contributed by atoms with Crippen LogP contribution in [0.1, 0.15) is 219 Å². The highest BCUT2D eigenvalue weighted by atomic mass is 16.7. The van der Waals surface area contributed by atoms with E-state index < -0.39 is 24.3 Å². The standard InChI is InChI=1S/C68H111NO8/c1-6-8-10-12-14-16-18-20-21-22-23-24-25-26-27-28-29-30-31-32-33-34-35-36-37-38-39-40-41-42-43-44-45-47-49-51-53-55-57-59-66(71)77-64(63-76-68(67(72)73)74-61-60-69(3,4)5)62-75-65(70)58-56-54-52-50-48-46-19-17-15-13-11-9-7-2/h8,10,14,16,20-21,23-24,26-27,29-30,32-33,35-36,38-39,41-42,44-45,64,68H,6-7,9,11-13,15,17-19,22,25,28,31,34,37,40,43,46-63H2,1-5H3/b10-8-,16-14-,21-20-,24-23-,27-26-,30-29-,33-32-,36-35-,39-38-,42-41-,45-44-. The Hall–Kier alpha value is -4.57. The summed E-state index contributed by atoms with van der Waals surface area (Å²) >= 11 is 0. The number of allylic oxidation sites excluding steroid dienone is 22. The topological polar surface area (TPSA) is 111 Å². The van der Waals surface area contributed by atoms with Gasteiger partial charge in [-0.25, -0.2) is 0 Å². The van der Waals surface area contributed by atoms with Crippen molar-refractivity contribution in [2.75, 3.05) is 47.5 Å². The predicted octanol–water partition coefficient (Wildman–Crippen LogP) is 16.9. The van der Waals surface area contributed by atoms with E-state index in [9.17, 15) is 19.5 Å². The average molecular weight is 1070 g/mol. The molecule has 9 nitrogen and oxygen atoms in total. The van der Waals surface area contributed by atoms with Crippen molar-refractivity contribution in [1.29, 1.82) is 0 Å². The van der Waals surface area contributed by atoms with Crippen LogP contribution in [-0.2, 0) is 33.3 Å². The number of unbranched alkanes of at least 4 members (excludes halogenated alkanes) is 17. The number of likely N-dealkylation sites (N-methyl/N-ethyl adjacent to an activating group) is 1. The maximum absolute atomic E-state index is 12.8. The molecule has 0 aliphatic heterocycles. The number of rotatable bonds is 54. The van der Waals surface area contributed by atoms with Gasteiger partial charge in [0, 0.05) is 12.8 Å². The summed E-state index contributed by atoms with van der Waals surface area (Å²) in [6.45, 7) is 4.59. The van der Waals surface area contributed by atoms with Crippen LogP contribution in [-0.4, -0.2) is 82.3 Å². The zero-order valence-electron chi connectivity index (χ0n) is 49.5. The number of carboxylic acid groups (broad SMARTS) is 1. The number of carbonyl (C=O) groups is 3. The van der Waals surface area contributed by atoms with Crippen molar-refractivity contribution in [3.05, 3.63) is 134 Å². The highest BCUT2D eigenvalue weighted by Crippen LogP contribution is 2.15. The maximum atomic E-state index is 12.8. The Morgan fingerprint density at radius 3 is 1.10 bits per heavy atom. The van der Waals surface area contributed by atoms with Crippen molar-refractivity contribution >= 4 is 17.9 Å². The summed E-state index contributed by atoms with van der Waals surface area (Å²) in [5.41, 5.74) is 0. The number of hydrogen-bond acceptors (Lipinski definition) is 8. The first-order chi connectivity index (χ1) is 37.6. The first kappa shape index (κ1) is 72.4. The van der Waals surface area contributed by atoms with Crippen molar-refractivity contribution in [1.82, 2.24) is 0 Å². The van der Waals surface area contributed by atoms with Gasteiger partial charge in [-0.3, -0.25) is 9.59 Å². The molecule has 0 fully saturated rings. The molecule has 0 aliphatic rings. The fraction of sp³-hybridized carbons (Fsp3) is 0.632. The van der Waals surface area contributed by atoms with Gasteiger partial charge in [-0.2, -0.15) is 0 Å². The zero-order valence-corrected chi connectivity index (χ0v) is 49.5. The van der Waals surface area contributed by atoms with Crippen LogP contribution in [0.15, 0.2) is 134 Å². The van der Waals surface area contributed by atoms with E-state index in [0.29, 0.717) is 17.4 Å². The predicted molar refractivity (Wildman–Crippen MR) is 324 cm³/mol. The van der Waals surface area contributed by atoms with E-state index in [4.69, 9.17) is 18.9 Å². The number of aliphatic carboxylic acids is 1. The number of esters is 2. The van der Waals surface area contributed by atoms with Gasteiger partial charge in [0.15, 0.2) is 12.4 Å². The fourth-order valence-electron chi connectivity index (χ4n) is 7.78. The van der Waals surface area contributed by atoms with Crippen molar-refractivity contribution < 1.29 is 42.9 Å². The van der Waals surface area contributed by atoms with E-state index in [1.54, 1.807) is 0 Å². The normalized spacial score (nSPS) is 13.7. The lowest BCUT2D eigenvalue weighted by Gasteiger charge is -2.26. The Balaban J connectivity index is 4.22. The van der Waals surface area contributed by atoms with Crippen LogP contribution in [0.3, 0.4) is 0 Å². The van der Waals surface area contributed by atoms with Gasteiger partial charge in [-0.05, 0) is 96.3 Å². The van der Waals surface area contributed by atoms with Gasteiger partial charge in [-0.1, -0.05) is 244 Å². The van der Waals surface area contributed by atoms with Crippen LogP contribution in [0.5, 0.6) is 0 Å². The minimum Gasteiger partial charge on any atom is -0.545 e. The average Bonchev–Trinajstić information content (AvgIpc) is 3.40. The van der Waals surface area contributed by atoms with Crippen LogP contribution in [0.25, 0.3) is 0 Å². The van der Waals surface area contributed by atoms with Crippen LogP contribution < -0.4 is 5.11 Å². The molecule has 0 amide bonds. The second-order valence-electron chi connectivity index (χ2n) is 20.9. The number of nitrogens with zero attached hydrogens (tertiary/aromatic N) is 1. The Kier molecular flexibility index (Phi) is 54.2. The quantitative estimate of drug-likeness (QED) is 0.0195. The molecule has 2 unspecified atom stereocenters. The van der Waals surface area contributed by atoms with Crippen LogP contribution in [0.2, 0.25) is 0 Å². The van der Waals surface area contributed by atoms with E-state index in [1.165, 1.54) is 64.2 Å². The number of ether oxygens (including phenoxy) is 4. The Labute approximate surface area is 471 Å². The molecule has 0 spiro atoms. The summed E-state index contributed by atoms with van der Waals surface area (Å²) in [6.07, 6.45) is 79.4. The van der Waals surface area contributed by atoms with Crippen molar-refractivity contribution in [2.45, 2.75) is 232 Å². The highest BCUT2D eigenvalue weighted by Gasteiger charge is 2.22. The smallest absolute Gasteiger partial charge is 0.306 e. The molecule has 0 saturated carbocycles. The number of quaternary nitrogens is 1. The largest absolute Gasteiger partial charge is 0.545 e. The summed E-state index contributed by atoms with van der Waals surface area (Å²) in [5, 5.41) is 11.8. The summed E-state index contributed by atoms with van der Waals surface area (Å²) < 4.78 is 22.6. The van der Waals surface area contributed by atoms with E-state index >= 15 is 0 Å². The molecule has 0 bridgehead atoms. The molecular weight excluding hydrogens is 959 g/mol. The van der Waals surface area contributed by atoms with Gasteiger partial charge in [0.05, 0.1) is 40.3 Å². The molecule has 0 aromatic heterocycles. The van der Waals surface area contributed by atoms with Gasteiger partial charge in [0.25, 0.3) is 0 Å². The molecule has 77 heavy (non-hydrogen) atoms. The Bertz CT molecular complexity index is 1720. The second kappa shape index (κ2) is 57.6. The molecule has 0 aliphatic carbocycles. The van der Waals surface area contributed by atoms with Crippen molar-refractivity contribution in [2.24, 2.45) is 0 Å². The van der Waals surface area contributed by atoms with E-state index in [2.05, 4.69) is 148 Å². The molecule has 0 aromatic carbocycles. The number of carboxylic acids is 1. The van der Waals surface area contributed by atoms with E-state index in [1.807, 2.05) is 21.1 Å². The molecule has 0 aromatic rings. The van der Waals surface area contributed by atoms with Gasteiger partial charge in [0.1, 0.15) is 13.2 Å². The first-order valence-electron chi connectivity index (χ1n) is 30.3.